The molecule has 2 aromatic carbocycles. The third-order valence-electron chi connectivity index (χ3n) is 5.31. The molecule has 0 bridgehead atoms. The minimum atomic E-state index is -3.86. The first-order valence-electron chi connectivity index (χ1n) is 9.98. The molecule has 2 aromatic rings. The third kappa shape index (κ3) is 4.99. The Balaban J connectivity index is 1.92. The molecular weight excluding hydrogens is 423 g/mol. The van der Waals surface area contributed by atoms with Crippen molar-refractivity contribution in [1.29, 1.82) is 0 Å². The van der Waals surface area contributed by atoms with Gasteiger partial charge in [0.2, 0.25) is 10.0 Å². The number of hydrogen-bond donors (Lipinski definition) is 1. The van der Waals surface area contributed by atoms with Crippen LogP contribution in [0.5, 0.6) is 11.5 Å². The van der Waals surface area contributed by atoms with Crippen LogP contribution in [0.15, 0.2) is 41.3 Å². The van der Waals surface area contributed by atoms with Gasteiger partial charge in [-0.2, -0.15) is 4.31 Å². The van der Waals surface area contributed by atoms with Gasteiger partial charge in [-0.1, -0.05) is 13.8 Å². The van der Waals surface area contributed by atoms with Crippen molar-refractivity contribution < 1.29 is 27.1 Å². The second-order valence-electron chi connectivity index (χ2n) is 7.93. The number of nitrogens with one attached hydrogen (secondary N) is 1. The number of carbonyl (C=O) groups excluding carboxylic acids is 1. The minimum Gasteiger partial charge on any atom is -0.497 e. The zero-order valence-electron chi connectivity index (χ0n) is 18.0. The van der Waals surface area contributed by atoms with Crippen LogP contribution in [0.1, 0.15) is 30.6 Å². The summed E-state index contributed by atoms with van der Waals surface area (Å²) in [4.78, 5) is 12.7. The van der Waals surface area contributed by atoms with Crippen LogP contribution in [0.4, 0.5) is 10.1 Å². The fourth-order valence-electron chi connectivity index (χ4n) is 3.89. The van der Waals surface area contributed by atoms with Crippen LogP contribution in [0.3, 0.4) is 0 Å². The number of carbonyl (C=O) groups is 1. The van der Waals surface area contributed by atoms with Gasteiger partial charge in [-0.25, -0.2) is 12.8 Å². The number of benzene rings is 2. The van der Waals surface area contributed by atoms with Gasteiger partial charge in [0, 0.05) is 19.2 Å². The van der Waals surface area contributed by atoms with Gasteiger partial charge in [0.05, 0.1) is 30.4 Å². The van der Waals surface area contributed by atoms with E-state index in [4.69, 9.17) is 9.47 Å². The summed E-state index contributed by atoms with van der Waals surface area (Å²) in [7, 11) is -0.943. The predicted molar refractivity (Wildman–Crippen MR) is 116 cm³/mol. The van der Waals surface area contributed by atoms with Gasteiger partial charge >= 0.3 is 0 Å². The first kappa shape index (κ1) is 23.0. The van der Waals surface area contributed by atoms with Gasteiger partial charge in [0.1, 0.15) is 17.3 Å². The quantitative estimate of drug-likeness (QED) is 0.724. The molecule has 1 aliphatic heterocycles. The topological polar surface area (TPSA) is 84.9 Å². The molecule has 0 saturated carbocycles. The Labute approximate surface area is 182 Å². The van der Waals surface area contributed by atoms with Gasteiger partial charge in [0.25, 0.3) is 5.91 Å². The lowest BCUT2D eigenvalue weighted by Gasteiger charge is -2.34. The van der Waals surface area contributed by atoms with Crippen LogP contribution < -0.4 is 14.8 Å². The Bertz CT molecular complexity index is 1060. The van der Waals surface area contributed by atoms with E-state index in [1.54, 1.807) is 12.1 Å². The maximum absolute atomic E-state index is 14.5. The molecule has 9 heteroatoms. The molecule has 0 unspecified atom stereocenters. The number of anilines is 1. The van der Waals surface area contributed by atoms with Crippen LogP contribution in [0.2, 0.25) is 0 Å². The highest BCUT2D eigenvalue weighted by molar-refractivity contribution is 7.89. The average molecular weight is 451 g/mol. The average Bonchev–Trinajstić information content (AvgIpc) is 2.73. The van der Waals surface area contributed by atoms with E-state index >= 15 is 0 Å². The fourth-order valence-corrected chi connectivity index (χ4v) is 5.60. The largest absolute Gasteiger partial charge is 0.497 e. The molecule has 1 amide bonds. The first-order chi connectivity index (χ1) is 14.6. The molecule has 1 saturated heterocycles. The zero-order chi connectivity index (χ0) is 22.8. The standard InChI is InChI=1S/C22H27FN2O5S/c1-14-9-15(2)13-25(12-14)31(27,28)17-6-7-19(23)18(11-17)22(26)24-20-10-16(29-3)5-8-21(20)30-4/h5-8,10-11,14-15H,9,12-13H2,1-4H3,(H,24,26)/t14-,15+. The number of rotatable bonds is 6. The molecular formula is C22H27FN2O5S. The summed E-state index contributed by atoms with van der Waals surface area (Å²) in [5, 5.41) is 2.57. The van der Waals surface area contributed by atoms with Crippen molar-refractivity contribution in [3.8, 4) is 11.5 Å². The van der Waals surface area contributed by atoms with Gasteiger partial charge in [-0.15, -0.1) is 0 Å². The van der Waals surface area contributed by atoms with Gasteiger partial charge in [-0.3, -0.25) is 4.79 Å². The summed E-state index contributed by atoms with van der Waals surface area (Å²) in [5.74, 6) is -0.333. The lowest BCUT2D eigenvalue weighted by Crippen LogP contribution is -2.42. The van der Waals surface area contributed by atoms with Crippen molar-refractivity contribution in [1.82, 2.24) is 4.31 Å². The van der Waals surface area contributed by atoms with Crippen LogP contribution in [0.25, 0.3) is 0 Å². The Morgan fingerprint density at radius 2 is 1.74 bits per heavy atom. The number of halogens is 1. The first-order valence-corrected chi connectivity index (χ1v) is 11.4. The molecule has 1 heterocycles. The molecule has 7 nitrogen and oxygen atoms in total. The highest BCUT2D eigenvalue weighted by Crippen LogP contribution is 2.31. The van der Waals surface area contributed by atoms with Crippen LogP contribution in [-0.4, -0.2) is 45.9 Å². The second-order valence-corrected chi connectivity index (χ2v) is 9.87. The third-order valence-corrected chi connectivity index (χ3v) is 7.14. The van der Waals surface area contributed by atoms with E-state index in [-0.39, 0.29) is 28.0 Å². The molecule has 3 rings (SSSR count). The number of amides is 1. The molecule has 168 valence electrons. The van der Waals surface area contributed by atoms with Crippen LogP contribution in [0, 0.1) is 17.7 Å². The highest BCUT2D eigenvalue weighted by atomic mass is 32.2. The van der Waals surface area contributed by atoms with E-state index in [1.807, 2.05) is 13.8 Å². The number of sulfonamides is 1. The van der Waals surface area contributed by atoms with E-state index in [2.05, 4.69) is 5.32 Å². The number of methoxy groups -OCH3 is 2. The molecule has 1 fully saturated rings. The normalized spacial score (nSPS) is 19.6. The van der Waals surface area contributed by atoms with E-state index in [0.29, 0.717) is 24.6 Å². The Morgan fingerprint density at radius 3 is 2.35 bits per heavy atom. The van der Waals surface area contributed by atoms with Crippen molar-refractivity contribution >= 4 is 21.6 Å². The van der Waals surface area contributed by atoms with E-state index in [1.165, 1.54) is 30.7 Å². The van der Waals surface area contributed by atoms with E-state index in [9.17, 15) is 17.6 Å². The molecule has 0 radical (unpaired) electrons. The Morgan fingerprint density at radius 1 is 1.06 bits per heavy atom. The summed E-state index contributed by atoms with van der Waals surface area (Å²) in [5.41, 5.74) is -0.0951. The lowest BCUT2D eigenvalue weighted by atomic mass is 9.94. The molecule has 1 N–H and O–H groups in total. The van der Waals surface area contributed by atoms with Crippen molar-refractivity contribution in [3.63, 3.8) is 0 Å². The van der Waals surface area contributed by atoms with Crippen molar-refractivity contribution in [3.05, 3.63) is 47.8 Å². The smallest absolute Gasteiger partial charge is 0.258 e. The van der Waals surface area contributed by atoms with Crippen molar-refractivity contribution in [2.45, 2.75) is 25.2 Å². The molecule has 1 aliphatic rings. The summed E-state index contributed by atoms with van der Waals surface area (Å²) in [6.07, 6.45) is 0.950. The molecule has 0 spiro atoms. The minimum absolute atomic E-state index is 0.113. The summed E-state index contributed by atoms with van der Waals surface area (Å²) < 4.78 is 52.5. The van der Waals surface area contributed by atoms with Crippen LogP contribution in [-0.2, 0) is 10.0 Å². The van der Waals surface area contributed by atoms with Crippen molar-refractivity contribution in [2.24, 2.45) is 11.8 Å². The van der Waals surface area contributed by atoms with Gasteiger partial charge < -0.3 is 14.8 Å². The fraction of sp³-hybridized carbons (Fsp3) is 0.409. The Kier molecular flexibility index (Phi) is 6.86. The number of ether oxygens (including phenoxy) is 2. The van der Waals surface area contributed by atoms with E-state index < -0.39 is 21.7 Å². The lowest BCUT2D eigenvalue weighted by molar-refractivity contribution is 0.102. The van der Waals surface area contributed by atoms with Gasteiger partial charge in [0.15, 0.2) is 0 Å². The maximum Gasteiger partial charge on any atom is 0.258 e. The molecule has 0 aliphatic carbocycles. The second kappa shape index (κ2) is 9.23. The summed E-state index contributed by atoms with van der Waals surface area (Å²) in [6.45, 7) is 4.80. The highest BCUT2D eigenvalue weighted by Gasteiger charge is 2.32. The maximum atomic E-state index is 14.5. The predicted octanol–water partition coefficient (Wildman–Crippen LogP) is 3.76. The molecule has 0 aromatic heterocycles. The van der Waals surface area contributed by atoms with Crippen molar-refractivity contribution in [2.75, 3.05) is 32.6 Å². The van der Waals surface area contributed by atoms with Crippen LogP contribution >= 0.6 is 0 Å². The van der Waals surface area contributed by atoms with Gasteiger partial charge in [-0.05, 0) is 48.6 Å². The molecule has 31 heavy (non-hydrogen) atoms. The van der Waals surface area contributed by atoms with E-state index in [0.717, 1.165) is 18.6 Å². The number of hydrogen-bond acceptors (Lipinski definition) is 5. The zero-order valence-corrected chi connectivity index (χ0v) is 18.8. The molecule has 2 atom stereocenters. The number of piperidine rings is 1. The summed E-state index contributed by atoms with van der Waals surface area (Å²) >= 11 is 0. The number of nitrogens with zero attached hydrogens (tertiary/aromatic N) is 1. The SMILES string of the molecule is COc1ccc(OC)c(NC(=O)c2cc(S(=O)(=O)N3C[C@H](C)C[C@H](C)C3)ccc2F)c1. The Hall–Kier alpha value is -2.65. The monoisotopic (exact) mass is 450 g/mol. The summed E-state index contributed by atoms with van der Waals surface area (Å²) in [6, 6.07) is 8.06.